The van der Waals surface area contributed by atoms with Crippen molar-refractivity contribution in [2.45, 2.75) is 40.3 Å². The molecule has 0 saturated heterocycles. The Morgan fingerprint density at radius 3 is 2.70 bits per heavy atom. The number of carbonyl (C=O) groups excluding carboxylic acids is 2. The van der Waals surface area contributed by atoms with E-state index in [0.717, 1.165) is 21.5 Å². The van der Waals surface area contributed by atoms with Crippen LogP contribution < -0.4 is 5.32 Å². The predicted octanol–water partition coefficient (Wildman–Crippen LogP) is 3.83. The number of hydrogen-bond donors (Lipinski definition) is 1. The molecular formula is C22H25N5O2S. The molecule has 4 heterocycles. The lowest BCUT2D eigenvalue weighted by Crippen LogP contribution is -2.39. The van der Waals surface area contributed by atoms with Crippen LogP contribution in [0, 0.1) is 5.41 Å². The van der Waals surface area contributed by atoms with E-state index in [9.17, 15) is 9.59 Å². The van der Waals surface area contributed by atoms with Crippen molar-refractivity contribution in [1.82, 2.24) is 19.9 Å². The lowest BCUT2D eigenvalue weighted by atomic mass is 9.90. The molecular weight excluding hydrogens is 398 g/mol. The van der Waals surface area contributed by atoms with Crippen LogP contribution in [0.4, 0.5) is 0 Å². The molecule has 7 nitrogen and oxygen atoms in total. The Balaban J connectivity index is 1.61. The quantitative estimate of drug-likeness (QED) is 0.693. The molecule has 0 radical (unpaired) electrons. The van der Waals surface area contributed by atoms with Crippen molar-refractivity contribution in [3.63, 3.8) is 0 Å². The molecule has 0 fully saturated rings. The summed E-state index contributed by atoms with van der Waals surface area (Å²) in [5, 5.41) is 10.9. The van der Waals surface area contributed by atoms with Gasteiger partial charge >= 0.3 is 0 Å². The van der Waals surface area contributed by atoms with Crippen molar-refractivity contribution < 1.29 is 9.59 Å². The molecule has 30 heavy (non-hydrogen) atoms. The molecule has 156 valence electrons. The van der Waals surface area contributed by atoms with Crippen molar-refractivity contribution in [3.05, 3.63) is 53.3 Å². The van der Waals surface area contributed by atoms with E-state index >= 15 is 0 Å². The highest BCUT2D eigenvalue weighted by Crippen LogP contribution is 2.30. The standard InChI is InChI=1S/C22H25N5O2S/c1-14(15-5-8-23-9-6-15)24-20(28)13-27-21(29)17-11-18-16(7-10-30-18)26(17)12-19(25-27)22(2,3)4/h5-11,14H,12-13H2,1-4H3,(H,24,28). The van der Waals surface area contributed by atoms with Crippen molar-refractivity contribution in [1.29, 1.82) is 0 Å². The summed E-state index contributed by atoms with van der Waals surface area (Å²) in [5.74, 6) is -0.518. The first-order valence-corrected chi connectivity index (χ1v) is 10.8. The maximum Gasteiger partial charge on any atom is 0.291 e. The van der Waals surface area contributed by atoms with Crippen molar-refractivity contribution in [2.24, 2.45) is 10.5 Å². The zero-order valence-electron chi connectivity index (χ0n) is 17.5. The van der Waals surface area contributed by atoms with E-state index in [2.05, 4.69) is 36.2 Å². The Labute approximate surface area is 179 Å². The summed E-state index contributed by atoms with van der Waals surface area (Å²) in [6.07, 6.45) is 3.38. The number of amides is 2. The van der Waals surface area contributed by atoms with E-state index in [1.165, 1.54) is 5.01 Å². The molecule has 0 saturated carbocycles. The van der Waals surface area contributed by atoms with Gasteiger partial charge in [-0.05, 0) is 42.1 Å². The molecule has 3 aromatic rings. The number of hydrazone groups is 1. The smallest absolute Gasteiger partial charge is 0.291 e. The summed E-state index contributed by atoms with van der Waals surface area (Å²) >= 11 is 1.60. The van der Waals surface area contributed by atoms with Crippen LogP contribution in [0.2, 0.25) is 0 Å². The van der Waals surface area contributed by atoms with Crippen LogP contribution in [0.25, 0.3) is 10.2 Å². The molecule has 1 N–H and O–H groups in total. The number of nitrogens with one attached hydrogen (secondary N) is 1. The van der Waals surface area contributed by atoms with Crippen molar-refractivity contribution in [3.8, 4) is 0 Å². The third-order valence-corrected chi connectivity index (χ3v) is 6.12. The highest BCUT2D eigenvalue weighted by atomic mass is 32.1. The second-order valence-corrected chi connectivity index (χ2v) is 9.46. The van der Waals surface area contributed by atoms with Gasteiger partial charge in [0.05, 0.1) is 28.5 Å². The van der Waals surface area contributed by atoms with E-state index in [0.29, 0.717) is 12.2 Å². The number of aromatic nitrogens is 2. The van der Waals surface area contributed by atoms with Crippen LogP contribution in [0.1, 0.15) is 49.8 Å². The molecule has 1 aliphatic heterocycles. The Kier molecular flexibility index (Phi) is 5.19. The van der Waals surface area contributed by atoms with Crippen LogP contribution >= 0.6 is 11.3 Å². The van der Waals surface area contributed by atoms with Crippen LogP contribution in [0.3, 0.4) is 0 Å². The minimum absolute atomic E-state index is 0.132. The van der Waals surface area contributed by atoms with Gasteiger partial charge in [-0.2, -0.15) is 5.10 Å². The highest BCUT2D eigenvalue weighted by molar-refractivity contribution is 7.17. The average Bonchev–Trinajstić information content (AvgIpc) is 3.25. The van der Waals surface area contributed by atoms with Gasteiger partial charge in [0.2, 0.25) is 5.91 Å². The van der Waals surface area contributed by atoms with Crippen LogP contribution in [-0.2, 0) is 11.3 Å². The molecule has 1 aliphatic rings. The lowest BCUT2D eigenvalue weighted by Gasteiger charge is -2.23. The normalized spacial score (nSPS) is 15.5. The van der Waals surface area contributed by atoms with Gasteiger partial charge in [-0.1, -0.05) is 20.8 Å². The summed E-state index contributed by atoms with van der Waals surface area (Å²) in [6, 6.07) is 7.45. The fourth-order valence-electron chi connectivity index (χ4n) is 3.48. The van der Waals surface area contributed by atoms with Gasteiger partial charge in [0.25, 0.3) is 5.91 Å². The Hall–Kier alpha value is -3.00. The molecule has 3 aromatic heterocycles. The molecule has 1 unspecified atom stereocenters. The number of pyridine rings is 1. The second kappa shape index (κ2) is 7.68. The maximum atomic E-state index is 13.3. The third kappa shape index (κ3) is 3.87. The summed E-state index contributed by atoms with van der Waals surface area (Å²) in [6.45, 7) is 8.50. The summed E-state index contributed by atoms with van der Waals surface area (Å²) < 4.78 is 3.07. The average molecular weight is 424 g/mol. The topological polar surface area (TPSA) is 79.6 Å². The van der Waals surface area contributed by atoms with Crippen molar-refractivity contribution >= 4 is 39.1 Å². The summed E-state index contributed by atoms with van der Waals surface area (Å²) in [4.78, 5) is 30.0. The molecule has 0 aromatic carbocycles. The molecule has 0 spiro atoms. The number of rotatable bonds is 4. The third-order valence-electron chi connectivity index (χ3n) is 5.27. The number of fused-ring (bicyclic) bond motifs is 3. The van der Waals surface area contributed by atoms with Gasteiger partial charge in [-0.3, -0.25) is 14.6 Å². The molecule has 2 amide bonds. The van der Waals surface area contributed by atoms with Gasteiger partial charge in [-0.25, -0.2) is 5.01 Å². The number of thiophene rings is 1. The van der Waals surface area contributed by atoms with Gasteiger partial charge in [-0.15, -0.1) is 11.3 Å². The Morgan fingerprint density at radius 1 is 1.27 bits per heavy atom. The fraction of sp³-hybridized carbons (Fsp3) is 0.364. The first kappa shape index (κ1) is 20.3. The first-order valence-electron chi connectivity index (χ1n) is 9.90. The van der Waals surface area contributed by atoms with E-state index in [1.807, 2.05) is 41.1 Å². The van der Waals surface area contributed by atoms with Crippen LogP contribution in [-0.4, -0.2) is 38.6 Å². The number of nitrogens with zero attached hydrogens (tertiary/aromatic N) is 4. The largest absolute Gasteiger partial charge is 0.348 e. The van der Waals surface area contributed by atoms with Gasteiger partial charge in [0.1, 0.15) is 12.2 Å². The van der Waals surface area contributed by atoms with E-state index in [1.54, 1.807) is 23.7 Å². The maximum absolute atomic E-state index is 13.3. The number of hydrogen-bond acceptors (Lipinski definition) is 5. The fourth-order valence-corrected chi connectivity index (χ4v) is 4.30. The Bertz CT molecular complexity index is 1120. The zero-order valence-corrected chi connectivity index (χ0v) is 18.4. The zero-order chi connectivity index (χ0) is 21.5. The molecule has 1 atom stereocenters. The molecule has 4 rings (SSSR count). The van der Waals surface area contributed by atoms with Crippen molar-refractivity contribution in [2.75, 3.05) is 6.54 Å². The number of carbonyl (C=O) groups is 2. The molecule has 8 heteroatoms. The highest BCUT2D eigenvalue weighted by Gasteiger charge is 2.31. The van der Waals surface area contributed by atoms with Gasteiger partial charge in [0, 0.05) is 17.8 Å². The van der Waals surface area contributed by atoms with Gasteiger partial charge in [0.15, 0.2) is 0 Å². The summed E-state index contributed by atoms with van der Waals surface area (Å²) in [5.41, 5.74) is 3.16. The lowest BCUT2D eigenvalue weighted by molar-refractivity contribution is -0.122. The second-order valence-electron chi connectivity index (χ2n) is 8.52. The van der Waals surface area contributed by atoms with E-state index in [-0.39, 0.29) is 29.8 Å². The summed E-state index contributed by atoms with van der Waals surface area (Å²) in [7, 11) is 0. The predicted molar refractivity (Wildman–Crippen MR) is 119 cm³/mol. The van der Waals surface area contributed by atoms with E-state index in [4.69, 9.17) is 0 Å². The van der Waals surface area contributed by atoms with Gasteiger partial charge < -0.3 is 9.88 Å². The van der Waals surface area contributed by atoms with E-state index < -0.39 is 0 Å². The SMILES string of the molecule is CC(NC(=O)CN1N=C(C(C)(C)C)Cn2c(cc3sccc32)C1=O)c1ccncc1. The Morgan fingerprint density at radius 2 is 2.00 bits per heavy atom. The molecule has 0 aliphatic carbocycles. The monoisotopic (exact) mass is 423 g/mol. The van der Waals surface area contributed by atoms with Crippen LogP contribution in [0.15, 0.2) is 47.1 Å². The first-order chi connectivity index (χ1) is 14.2. The molecule has 0 bridgehead atoms. The minimum Gasteiger partial charge on any atom is -0.348 e. The van der Waals surface area contributed by atoms with Crippen LogP contribution in [0.5, 0.6) is 0 Å². The minimum atomic E-state index is -0.260.